The average Bonchev–Trinajstić information content (AvgIpc) is 3.63. The number of H-pyrrole nitrogens is 2. The van der Waals surface area contributed by atoms with E-state index in [-0.39, 0.29) is 24.8 Å². The van der Waals surface area contributed by atoms with Crippen LogP contribution < -0.4 is 0 Å². The number of allylic oxidation sites excluding steroid dienone is 3. The first kappa shape index (κ1) is 29.0. The van der Waals surface area contributed by atoms with Gasteiger partial charge < -0.3 is 19.4 Å². The van der Waals surface area contributed by atoms with Gasteiger partial charge in [0.05, 0.1) is 36.0 Å². The maximum atomic E-state index is 12.3. The van der Waals surface area contributed by atoms with E-state index in [1.165, 1.54) is 0 Å². The summed E-state index contributed by atoms with van der Waals surface area (Å²) < 4.78 is 10.4. The van der Waals surface area contributed by atoms with Gasteiger partial charge in [-0.3, -0.25) is 9.59 Å². The van der Waals surface area contributed by atoms with E-state index in [4.69, 9.17) is 19.4 Å². The molecule has 3 aromatic rings. The van der Waals surface area contributed by atoms with E-state index >= 15 is 0 Å². The minimum Gasteiger partial charge on any atom is -0.466 e. The van der Waals surface area contributed by atoms with Crippen molar-refractivity contribution in [2.24, 2.45) is 0 Å². The predicted octanol–water partition coefficient (Wildman–Crippen LogP) is 7.26. The van der Waals surface area contributed by atoms with Gasteiger partial charge in [0.25, 0.3) is 0 Å². The van der Waals surface area contributed by atoms with Gasteiger partial charge in [-0.05, 0) is 124 Å². The number of esters is 2. The second kappa shape index (κ2) is 12.2. The number of carbonyl (C=O) groups is 2. The molecular weight excluding hydrogens is 528 g/mol. The second-order valence-corrected chi connectivity index (χ2v) is 10.8. The highest BCUT2D eigenvalue weighted by atomic mass is 16.5. The lowest BCUT2D eigenvalue weighted by Gasteiger charge is -2.05. The molecule has 0 saturated carbocycles. The Kier molecular flexibility index (Phi) is 8.43. The molecule has 0 atom stereocenters. The number of nitrogens with one attached hydrogen (secondary N) is 2. The number of carbonyl (C=O) groups excluding carboxylic acids is 2. The number of hydrogen-bond donors (Lipinski definition) is 2. The van der Waals surface area contributed by atoms with Crippen molar-refractivity contribution in [2.75, 3.05) is 13.2 Å². The molecular formula is C34H38N4O4. The molecule has 3 aromatic heterocycles. The molecule has 42 heavy (non-hydrogen) atoms. The summed E-state index contributed by atoms with van der Waals surface area (Å²) in [6.45, 7) is 12.6. The average molecular weight is 567 g/mol. The van der Waals surface area contributed by atoms with Crippen LogP contribution in [0.4, 0.5) is 0 Å². The molecule has 0 unspecified atom stereocenters. The first-order valence-electron chi connectivity index (χ1n) is 14.6. The Hall–Kier alpha value is -4.46. The lowest BCUT2D eigenvalue weighted by Crippen LogP contribution is -2.05. The number of rotatable bonds is 8. The van der Waals surface area contributed by atoms with Crippen molar-refractivity contribution in [2.45, 2.75) is 67.2 Å². The molecule has 5 heterocycles. The maximum absolute atomic E-state index is 12.3. The quantitative estimate of drug-likeness (QED) is 0.278. The molecule has 0 saturated heterocycles. The van der Waals surface area contributed by atoms with Crippen molar-refractivity contribution in [1.29, 1.82) is 0 Å². The van der Waals surface area contributed by atoms with E-state index in [2.05, 4.69) is 61.9 Å². The number of ether oxygens (including phenoxy) is 2. The Morgan fingerprint density at radius 2 is 1.43 bits per heavy atom. The first-order chi connectivity index (χ1) is 20.2. The third kappa shape index (κ3) is 6.08. The van der Waals surface area contributed by atoms with Crippen molar-refractivity contribution in [1.82, 2.24) is 19.9 Å². The standard InChI is InChI=1S/C34H38N4O4/c1-7-41-33(39)11-9-25-21(5)29-16-24-13-19(3)27(35-24)15-23-14-20(4)28(36-23)17-30-22(6)26(10-12-34(40)42-8-2)32(38-30)18-31(25)37-29/h13-18,36-37H,7-12H2,1-6H3. The van der Waals surface area contributed by atoms with Crippen molar-refractivity contribution in [3.63, 3.8) is 0 Å². The van der Waals surface area contributed by atoms with E-state index in [0.717, 1.165) is 78.3 Å². The van der Waals surface area contributed by atoms with Crippen molar-refractivity contribution < 1.29 is 19.1 Å². The molecule has 0 aromatic carbocycles. The van der Waals surface area contributed by atoms with Crippen LogP contribution in [0.3, 0.4) is 0 Å². The number of fused-ring (bicyclic) bond motifs is 8. The summed E-state index contributed by atoms with van der Waals surface area (Å²) in [6, 6.07) is 10.3. The van der Waals surface area contributed by atoms with Gasteiger partial charge in [0.2, 0.25) is 0 Å². The molecule has 2 aliphatic rings. The summed E-state index contributed by atoms with van der Waals surface area (Å²) in [6.07, 6.45) is 3.65. The van der Waals surface area contributed by atoms with Gasteiger partial charge in [-0.2, -0.15) is 0 Å². The normalized spacial score (nSPS) is 12.9. The van der Waals surface area contributed by atoms with E-state index < -0.39 is 0 Å². The molecule has 8 bridgehead atoms. The van der Waals surface area contributed by atoms with Crippen molar-refractivity contribution in [3.8, 4) is 0 Å². The van der Waals surface area contributed by atoms with Crippen LogP contribution in [0.2, 0.25) is 0 Å². The van der Waals surface area contributed by atoms with Crippen LogP contribution in [0.1, 0.15) is 86.4 Å². The van der Waals surface area contributed by atoms with Crippen LogP contribution in [-0.4, -0.2) is 45.1 Å². The van der Waals surface area contributed by atoms with Crippen LogP contribution >= 0.6 is 0 Å². The fourth-order valence-corrected chi connectivity index (χ4v) is 5.57. The van der Waals surface area contributed by atoms with Crippen molar-refractivity contribution in [3.05, 3.63) is 69.8 Å². The minimum absolute atomic E-state index is 0.226. The number of hydrogen-bond acceptors (Lipinski definition) is 6. The SMILES string of the molecule is CCOC(=O)CCC1=C(C)c2cc3[nH]c(cc4nc(cc5[nH]c(cc1n2)c(CCC(=O)OCC)c5C)C=C4C)cc3C. The molecule has 5 rings (SSSR count). The van der Waals surface area contributed by atoms with E-state index in [9.17, 15) is 9.59 Å². The first-order valence-corrected chi connectivity index (χ1v) is 14.6. The molecule has 0 fully saturated rings. The van der Waals surface area contributed by atoms with Crippen LogP contribution in [-0.2, 0) is 25.5 Å². The van der Waals surface area contributed by atoms with Gasteiger partial charge in [-0.1, -0.05) is 0 Å². The molecule has 0 amide bonds. The Morgan fingerprint density at radius 1 is 0.738 bits per heavy atom. The summed E-state index contributed by atoms with van der Waals surface area (Å²) in [4.78, 5) is 41.7. The number of nitrogens with zero attached hydrogens (tertiary/aromatic N) is 2. The Labute approximate surface area is 245 Å². The molecule has 0 radical (unpaired) electrons. The fraction of sp³-hybridized carbons (Fsp3) is 0.353. The molecule has 8 nitrogen and oxygen atoms in total. The number of aromatic amines is 2. The summed E-state index contributed by atoms with van der Waals surface area (Å²) in [5.74, 6) is -0.455. The third-order valence-electron chi connectivity index (χ3n) is 7.85. The van der Waals surface area contributed by atoms with E-state index in [1.807, 2.05) is 26.0 Å². The Morgan fingerprint density at radius 3 is 2.14 bits per heavy atom. The topological polar surface area (TPSA) is 110 Å². The number of aryl methyl sites for hydroxylation is 3. The molecule has 0 spiro atoms. The Balaban J connectivity index is 1.77. The van der Waals surface area contributed by atoms with Gasteiger partial charge in [0, 0.05) is 34.9 Å². The lowest BCUT2D eigenvalue weighted by atomic mass is 10.0. The van der Waals surface area contributed by atoms with E-state index in [1.54, 1.807) is 0 Å². The second-order valence-electron chi connectivity index (χ2n) is 10.8. The van der Waals surface area contributed by atoms with Gasteiger partial charge >= 0.3 is 11.9 Å². The predicted molar refractivity (Wildman–Crippen MR) is 167 cm³/mol. The van der Waals surface area contributed by atoms with E-state index in [0.29, 0.717) is 26.1 Å². The third-order valence-corrected chi connectivity index (χ3v) is 7.85. The highest BCUT2D eigenvalue weighted by Gasteiger charge is 2.20. The van der Waals surface area contributed by atoms with Crippen LogP contribution in [0, 0.1) is 13.8 Å². The molecule has 2 aliphatic heterocycles. The zero-order chi connectivity index (χ0) is 30.0. The summed E-state index contributed by atoms with van der Waals surface area (Å²) >= 11 is 0. The summed E-state index contributed by atoms with van der Waals surface area (Å²) in [7, 11) is 0. The van der Waals surface area contributed by atoms with Crippen molar-refractivity contribution >= 4 is 56.8 Å². The van der Waals surface area contributed by atoms with Crippen LogP contribution in [0.15, 0.2) is 30.3 Å². The zero-order valence-electron chi connectivity index (χ0n) is 25.2. The minimum atomic E-state index is -0.229. The van der Waals surface area contributed by atoms with Gasteiger partial charge in [-0.15, -0.1) is 0 Å². The Bertz CT molecular complexity index is 1790. The molecule has 8 heteroatoms. The highest BCUT2D eigenvalue weighted by Crippen LogP contribution is 2.35. The van der Waals surface area contributed by atoms with Gasteiger partial charge in [0.15, 0.2) is 0 Å². The fourth-order valence-electron chi connectivity index (χ4n) is 5.57. The number of aromatic nitrogens is 4. The molecule has 218 valence electrons. The summed E-state index contributed by atoms with van der Waals surface area (Å²) in [5.41, 5.74) is 13.4. The highest BCUT2D eigenvalue weighted by molar-refractivity contribution is 5.94. The largest absolute Gasteiger partial charge is 0.466 e. The van der Waals surface area contributed by atoms with Crippen LogP contribution in [0.25, 0.3) is 44.9 Å². The van der Waals surface area contributed by atoms with Gasteiger partial charge in [-0.25, -0.2) is 9.97 Å². The molecule has 2 N–H and O–H groups in total. The lowest BCUT2D eigenvalue weighted by molar-refractivity contribution is -0.143. The van der Waals surface area contributed by atoms with Crippen LogP contribution in [0.5, 0.6) is 0 Å². The smallest absolute Gasteiger partial charge is 0.306 e. The maximum Gasteiger partial charge on any atom is 0.306 e. The summed E-state index contributed by atoms with van der Waals surface area (Å²) in [5, 5.41) is 0. The van der Waals surface area contributed by atoms with Gasteiger partial charge in [0.1, 0.15) is 0 Å². The monoisotopic (exact) mass is 566 g/mol. The molecule has 0 aliphatic carbocycles. The zero-order valence-corrected chi connectivity index (χ0v) is 25.2.